The quantitative estimate of drug-likeness (QED) is 0.854. The van der Waals surface area contributed by atoms with Crippen molar-refractivity contribution in [3.05, 3.63) is 0 Å². The van der Waals surface area contributed by atoms with E-state index in [1.807, 2.05) is 7.05 Å². The van der Waals surface area contributed by atoms with E-state index in [2.05, 4.69) is 37.4 Å². The molecule has 2 aliphatic rings. The molecular formula is C13H22N6O. The van der Waals surface area contributed by atoms with Crippen molar-refractivity contribution in [1.29, 1.82) is 0 Å². The van der Waals surface area contributed by atoms with Crippen molar-refractivity contribution in [3.8, 4) is 0 Å². The molecule has 0 radical (unpaired) electrons. The van der Waals surface area contributed by atoms with Gasteiger partial charge in [0.25, 0.3) is 0 Å². The summed E-state index contributed by atoms with van der Waals surface area (Å²) < 4.78 is 5.56. The van der Waals surface area contributed by atoms with E-state index in [9.17, 15) is 0 Å². The Labute approximate surface area is 119 Å². The lowest BCUT2D eigenvalue weighted by molar-refractivity contribution is 0.121. The van der Waals surface area contributed by atoms with Gasteiger partial charge in [0.2, 0.25) is 17.8 Å². The Balaban J connectivity index is 1.80. The van der Waals surface area contributed by atoms with E-state index in [-0.39, 0.29) is 12.1 Å². The van der Waals surface area contributed by atoms with E-state index in [1.165, 1.54) is 12.8 Å². The monoisotopic (exact) mass is 278 g/mol. The van der Waals surface area contributed by atoms with Gasteiger partial charge in [0, 0.05) is 26.7 Å². The zero-order valence-corrected chi connectivity index (χ0v) is 12.1. The van der Waals surface area contributed by atoms with Gasteiger partial charge in [-0.3, -0.25) is 0 Å². The highest BCUT2D eigenvalue weighted by atomic mass is 16.5. The first kappa shape index (κ1) is 13.4. The van der Waals surface area contributed by atoms with Crippen molar-refractivity contribution >= 4 is 17.8 Å². The number of anilines is 3. The Hall–Kier alpha value is -1.63. The molecule has 0 saturated carbocycles. The average Bonchev–Trinajstić information content (AvgIpc) is 3.11. The Morgan fingerprint density at radius 1 is 1.15 bits per heavy atom. The zero-order chi connectivity index (χ0) is 13.9. The predicted molar refractivity (Wildman–Crippen MR) is 78.3 cm³/mol. The Bertz CT molecular complexity index is 462. The molecule has 7 heteroatoms. The molecule has 2 fully saturated rings. The maximum atomic E-state index is 5.56. The maximum absolute atomic E-state index is 5.56. The normalized spacial score (nSPS) is 26.0. The van der Waals surface area contributed by atoms with Crippen LogP contribution in [0.3, 0.4) is 0 Å². The first-order valence-corrected chi connectivity index (χ1v) is 7.33. The third-order valence-electron chi connectivity index (χ3n) is 3.93. The van der Waals surface area contributed by atoms with Crippen LogP contribution in [0.25, 0.3) is 0 Å². The fraction of sp³-hybridized carbons (Fsp3) is 0.769. The summed E-state index contributed by atoms with van der Waals surface area (Å²) in [5.41, 5.74) is 0. The summed E-state index contributed by atoms with van der Waals surface area (Å²) in [6.45, 7) is 4.92. The van der Waals surface area contributed by atoms with Gasteiger partial charge >= 0.3 is 0 Å². The molecule has 20 heavy (non-hydrogen) atoms. The number of nitrogens with one attached hydrogen (secondary N) is 2. The molecule has 2 atom stereocenters. The van der Waals surface area contributed by atoms with Crippen molar-refractivity contribution in [2.75, 3.05) is 42.3 Å². The number of aromatic nitrogens is 3. The second-order valence-corrected chi connectivity index (χ2v) is 5.34. The van der Waals surface area contributed by atoms with Crippen LogP contribution in [0, 0.1) is 0 Å². The Morgan fingerprint density at radius 3 is 2.55 bits per heavy atom. The summed E-state index contributed by atoms with van der Waals surface area (Å²) >= 11 is 0. The van der Waals surface area contributed by atoms with Gasteiger partial charge in [0.15, 0.2) is 0 Å². The fourth-order valence-electron chi connectivity index (χ4n) is 2.69. The highest BCUT2D eigenvalue weighted by Crippen LogP contribution is 2.21. The van der Waals surface area contributed by atoms with E-state index in [0.717, 1.165) is 32.1 Å². The van der Waals surface area contributed by atoms with Gasteiger partial charge in [0.05, 0.1) is 12.1 Å². The smallest absolute Gasteiger partial charge is 0.231 e. The third-order valence-corrected chi connectivity index (χ3v) is 3.93. The van der Waals surface area contributed by atoms with E-state index in [1.54, 1.807) is 0 Å². The number of ether oxygens (including phenoxy) is 1. The van der Waals surface area contributed by atoms with Crippen LogP contribution in [0.1, 0.15) is 26.2 Å². The van der Waals surface area contributed by atoms with E-state index in [4.69, 9.17) is 4.74 Å². The van der Waals surface area contributed by atoms with Gasteiger partial charge in [-0.05, 0) is 26.2 Å². The molecule has 1 aromatic heterocycles. The van der Waals surface area contributed by atoms with Crippen molar-refractivity contribution in [1.82, 2.24) is 15.0 Å². The molecule has 110 valence electrons. The summed E-state index contributed by atoms with van der Waals surface area (Å²) in [7, 11) is 1.83. The highest BCUT2D eigenvalue weighted by molar-refractivity contribution is 5.44. The van der Waals surface area contributed by atoms with Crippen LogP contribution in [-0.2, 0) is 4.74 Å². The van der Waals surface area contributed by atoms with Gasteiger partial charge in [0.1, 0.15) is 0 Å². The SMILES string of the molecule is CNc1nc(NC2CCOC2C)nc(N2CCCC2)n1. The van der Waals surface area contributed by atoms with Crippen LogP contribution < -0.4 is 15.5 Å². The Kier molecular flexibility index (Phi) is 3.86. The topological polar surface area (TPSA) is 75.2 Å². The first-order chi connectivity index (χ1) is 9.76. The molecule has 2 N–H and O–H groups in total. The number of rotatable bonds is 4. The second-order valence-electron chi connectivity index (χ2n) is 5.34. The van der Waals surface area contributed by atoms with Gasteiger partial charge in [-0.1, -0.05) is 0 Å². The summed E-state index contributed by atoms with van der Waals surface area (Å²) in [5.74, 6) is 2.00. The summed E-state index contributed by atoms with van der Waals surface area (Å²) in [5, 5.41) is 6.38. The van der Waals surface area contributed by atoms with Gasteiger partial charge in [-0.15, -0.1) is 0 Å². The lowest BCUT2D eigenvalue weighted by Crippen LogP contribution is -2.29. The van der Waals surface area contributed by atoms with Gasteiger partial charge < -0.3 is 20.3 Å². The fourth-order valence-corrected chi connectivity index (χ4v) is 2.69. The molecule has 2 aliphatic heterocycles. The minimum absolute atomic E-state index is 0.194. The van der Waals surface area contributed by atoms with Crippen LogP contribution in [0.5, 0.6) is 0 Å². The summed E-state index contributed by atoms with van der Waals surface area (Å²) in [4.78, 5) is 15.6. The zero-order valence-electron chi connectivity index (χ0n) is 12.1. The number of hydrogen-bond donors (Lipinski definition) is 2. The largest absolute Gasteiger partial charge is 0.376 e. The van der Waals surface area contributed by atoms with E-state index >= 15 is 0 Å². The lowest BCUT2D eigenvalue weighted by Gasteiger charge is -2.19. The van der Waals surface area contributed by atoms with Crippen LogP contribution in [0.4, 0.5) is 17.8 Å². The first-order valence-electron chi connectivity index (χ1n) is 7.33. The average molecular weight is 278 g/mol. The molecule has 0 aliphatic carbocycles. The van der Waals surface area contributed by atoms with Crippen molar-refractivity contribution in [3.63, 3.8) is 0 Å². The van der Waals surface area contributed by atoms with Gasteiger partial charge in [-0.2, -0.15) is 15.0 Å². The molecule has 0 amide bonds. The molecule has 0 aromatic carbocycles. The van der Waals surface area contributed by atoms with Crippen LogP contribution in [0.2, 0.25) is 0 Å². The lowest BCUT2D eigenvalue weighted by atomic mass is 10.2. The van der Waals surface area contributed by atoms with Crippen molar-refractivity contribution in [2.24, 2.45) is 0 Å². The Morgan fingerprint density at radius 2 is 1.90 bits per heavy atom. The molecule has 0 spiro atoms. The standard InChI is InChI=1S/C13H22N6O/c1-9-10(5-8-20-9)15-12-16-11(14-2)17-13(18-12)19-6-3-4-7-19/h9-10H,3-8H2,1-2H3,(H2,14,15,16,17,18). The minimum Gasteiger partial charge on any atom is -0.376 e. The predicted octanol–water partition coefficient (Wildman–Crippen LogP) is 1.10. The van der Waals surface area contributed by atoms with Crippen LogP contribution in [0.15, 0.2) is 0 Å². The van der Waals surface area contributed by atoms with E-state index in [0.29, 0.717) is 11.9 Å². The van der Waals surface area contributed by atoms with Gasteiger partial charge in [-0.25, -0.2) is 0 Å². The second kappa shape index (κ2) is 5.78. The third kappa shape index (κ3) is 2.77. The molecule has 3 heterocycles. The van der Waals surface area contributed by atoms with Crippen LogP contribution in [-0.4, -0.2) is 53.8 Å². The molecule has 7 nitrogen and oxygen atoms in total. The summed E-state index contributed by atoms with van der Waals surface area (Å²) in [6, 6.07) is 0.272. The van der Waals surface area contributed by atoms with Crippen molar-refractivity contribution in [2.45, 2.75) is 38.3 Å². The summed E-state index contributed by atoms with van der Waals surface area (Å²) in [6.07, 6.45) is 3.59. The molecule has 2 saturated heterocycles. The maximum Gasteiger partial charge on any atom is 0.231 e. The molecule has 0 bridgehead atoms. The molecule has 2 unspecified atom stereocenters. The molecule has 1 aromatic rings. The minimum atomic E-state index is 0.194. The number of hydrogen-bond acceptors (Lipinski definition) is 7. The molecular weight excluding hydrogens is 256 g/mol. The molecule has 3 rings (SSSR count). The van der Waals surface area contributed by atoms with Crippen LogP contribution >= 0.6 is 0 Å². The number of nitrogens with zero attached hydrogens (tertiary/aromatic N) is 4. The van der Waals surface area contributed by atoms with Crippen molar-refractivity contribution < 1.29 is 4.74 Å². The van der Waals surface area contributed by atoms with E-state index < -0.39 is 0 Å². The highest BCUT2D eigenvalue weighted by Gasteiger charge is 2.25.